The number of nitrogens with one attached hydrogen (secondary N) is 2. The fraction of sp³-hybridized carbons (Fsp3) is 0.818. The Morgan fingerprint density at radius 3 is 2.94 bits per heavy atom. The molecule has 2 atom stereocenters. The van der Waals surface area contributed by atoms with Gasteiger partial charge in [0.1, 0.15) is 6.04 Å². The zero-order valence-electron chi connectivity index (χ0n) is 10.1. The predicted molar refractivity (Wildman–Crippen MR) is 67.9 cm³/mol. The molecule has 3 N–H and O–H groups in total. The van der Waals surface area contributed by atoms with Crippen LogP contribution >= 0.6 is 11.8 Å². The molecule has 0 bridgehead atoms. The first-order valence-corrected chi connectivity index (χ1v) is 6.97. The molecule has 98 valence electrons. The van der Waals surface area contributed by atoms with Gasteiger partial charge in [-0.3, -0.25) is 9.59 Å². The first-order chi connectivity index (χ1) is 8.17. The second-order valence-corrected chi connectivity index (χ2v) is 5.20. The molecule has 2 unspecified atom stereocenters. The molecule has 1 aliphatic heterocycles. The van der Waals surface area contributed by atoms with Crippen molar-refractivity contribution in [2.24, 2.45) is 5.92 Å². The van der Waals surface area contributed by atoms with Crippen molar-refractivity contribution in [3.05, 3.63) is 0 Å². The third-order valence-corrected chi connectivity index (χ3v) is 3.67. The molecule has 0 spiro atoms. The molecule has 0 aromatic carbocycles. The number of aliphatic hydroxyl groups excluding tert-OH is 1. The first kappa shape index (κ1) is 14.3. The molecule has 0 aromatic rings. The van der Waals surface area contributed by atoms with Crippen molar-refractivity contribution in [3.63, 3.8) is 0 Å². The number of carbonyl (C=O) groups is 2. The van der Waals surface area contributed by atoms with Crippen LogP contribution in [0.25, 0.3) is 0 Å². The van der Waals surface area contributed by atoms with E-state index in [2.05, 4.69) is 17.6 Å². The summed E-state index contributed by atoms with van der Waals surface area (Å²) in [5.74, 6) is 0.699. The fourth-order valence-corrected chi connectivity index (χ4v) is 2.61. The molecule has 1 aliphatic rings. The van der Waals surface area contributed by atoms with Crippen LogP contribution in [-0.4, -0.2) is 41.2 Å². The Balaban J connectivity index is 2.27. The molecule has 0 radical (unpaired) electrons. The van der Waals surface area contributed by atoms with Crippen LogP contribution in [0.2, 0.25) is 0 Å². The molecule has 1 rings (SSSR count). The zero-order valence-corrected chi connectivity index (χ0v) is 10.9. The smallest absolute Gasteiger partial charge is 0.279 e. The average Bonchev–Trinajstić information content (AvgIpc) is 2.73. The minimum absolute atomic E-state index is 0.123. The third-order valence-electron chi connectivity index (χ3n) is 2.79. The summed E-state index contributed by atoms with van der Waals surface area (Å²) >= 11 is 1.14. The van der Waals surface area contributed by atoms with E-state index in [0.29, 0.717) is 24.6 Å². The van der Waals surface area contributed by atoms with Gasteiger partial charge in [0.05, 0.1) is 0 Å². The molecule has 0 aromatic heterocycles. The van der Waals surface area contributed by atoms with Gasteiger partial charge in [0.15, 0.2) is 0 Å². The first-order valence-electron chi connectivity index (χ1n) is 5.99. The van der Waals surface area contributed by atoms with Crippen LogP contribution < -0.4 is 10.6 Å². The van der Waals surface area contributed by atoms with Gasteiger partial charge >= 0.3 is 0 Å². The minimum atomic E-state index is -0.399. The topological polar surface area (TPSA) is 78.4 Å². The normalized spacial score (nSPS) is 21.1. The second-order valence-electron chi connectivity index (χ2n) is 4.21. The van der Waals surface area contributed by atoms with E-state index < -0.39 is 6.04 Å². The highest BCUT2D eigenvalue weighted by Gasteiger charge is 2.27. The Morgan fingerprint density at radius 2 is 2.41 bits per heavy atom. The van der Waals surface area contributed by atoms with Crippen LogP contribution in [0.3, 0.4) is 0 Å². The quantitative estimate of drug-likeness (QED) is 0.630. The highest BCUT2D eigenvalue weighted by Crippen LogP contribution is 2.13. The second kappa shape index (κ2) is 7.55. The number of hydrogen-bond donors (Lipinski definition) is 3. The molecule has 2 amide bonds. The van der Waals surface area contributed by atoms with Gasteiger partial charge < -0.3 is 15.7 Å². The molecule has 1 saturated heterocycles. The summed E-state index contributed by atoms with van der Waals surface area (Å²) in [5.41, 5.74) is 0. The van der Waals surface area contributed by atoms with E-state index in [4.69, 9.17) is 5.11 Å². The van der Waals surface area contributed by atoms with Crippen molar-refractivity contribution in [3.8, 4) is 0 Å². The molecule has 6 heteroatoms. The van der Waals surface area contributed by atoms with Crippen LogP contribution in [0.4, 0.5) is 4.79 Å². The molecule has 5 nitrogen and oxygen atoms in total. The number of rotatable bonds is 7. The summed E-state index contributed by atoms with van der Waals surface area (Å²) in [6, 6.07) is -0.399. The predicted octanol–water partition coefficient (Wildman–Crippen LogP) is 0.726. The highest BCUT2D eigenvalue weighted by atomic mass is 32.2. The summed E-state index contributed by atoms with van der Waals surface area (Å²) in [5, 5.41) is 14.2. The van der Waals surface area contributed by atoms with Crippen LogP contribution in [0.15, 0.2) is 0 Å². The Kier molecular flexibility index (Phi) is 6.36. The van der Waals surface area contributed by atoms with Gasteiger partial charge in [0.2, 0.25) is 5.91 Å². The molecule has 0 aliphatic carbocycles. The van der Waals surface area contributed by atoms with Crippen molar-refractivity contribution in [2.45, 2.75) is 32.2 Å². The Bertz CT molecular complexity index is 267. The van der Waals surface area contributed by atoms with Crippen LogP contribution in [-0.2, 0) is 4.79 Å². The maximum atomic E-state index is 11.7. The summed E-state index contributed by atoms with van der Waals surface area (Å²) in [4.78, 5) is 22.6. The van der Waals surface area contributed by atoms with Crippen molar-refractivity contribution in [1.29, 1.82) is 0 Å². The number of hydrogen-bond acceptors (Lipinski definition) is 4. The number of amides is 2. The van der Waals surface area contributed by atoms with E-state index in [-0.39, 0.29) is 17.8 Å². The van der Waals surface area contributed by atoms with E-state index >= 15 is 0 Å². The van der Waals surface area contributed by atoms with Crippen molar-refractivity contribution in [2.75, 3.05) is 18.9 Å². The standard InChI is InChI=1S/C11H20N2O3S/c1-2-3-8(4-5-14)6-12-10(15)9-7-17-11(16)13-9/h8-9,14H,2-7H2,1H3,(H,12,15)(H,13,16). The van der Waals surface area contributed by atoms with E-state index in [9.17, 15) is 9.59 Å². The molecule has 1 fully saturated rings. The maximum Gasteiger partial charge on any atom is 0.279 e. The monoisotopic (exact) mass is 260 g/mol. The largest absolute Gasteiger partial charge is 0.396 e. The van der Waals surface area contributed by atoms with Gasteiger partial charge in [0.25, 0.3) is 5.24 Å². The van der Waals surface area contributed by atoms with Crippen LogP contribution in [0.1, 0.15) is 26.2 Å². The third kappa shape index (κ3) is 4.95. The average molecular weight is 260 g/mol. The SMILES string of the molecule is CCCC(CCO)CNC(=O)C1CSC(=O)N1. The number of aliphatic hydroxyl groups is 1. The lowest BCUT2D eigenvalue weighted by molar-refractivity contribution is -0.122. The van der Waals surface area contributed by atoms with Gasteiger partial charge in [-0.05, 0) is 18.8 Å². The van der Waals surface area contributed by atoms with E-state index in [1.54, 1.807) is 0 Å². The summed E-state index contributed by atoms with van der Waals surface area (Å²) < 4.78 is 0. The molecular formula is C11H20N2O3S. The van der Waals surface area contributed by atoms with E-state index in [1.165, 1.54) is 0 Å². The van der Waals surface area contributed by atoms with Crippen molar-refractivity contribution in [1.82, 2.24) is 10.6 Å². The molecular weight excluding hydrogens is 240 g/mol. The Labute approximate surface area is 106 Å². The van der Waals surface area contributed by atoms with Gasteiger partial charge in [-0.15, -0.1) is 0 Å². The highest BCUT2D eigenvalue weighted by molar-refractivity contribution is 8.14. The summed E-state index contributed by atoms with van der Waals surface area (Å²) in [6.07, 6.45) is 2.74. The van der Waals surface area contributed by atoms with Gasteiger partial charge in [-0.25, -0.2) is 0 Å². The van der Waals surface area contributed by atoms with E-state index in [1.807, 2.05) is 0 Å². The Hall–Kier alpha value is -0.750. The summed E-state index contributed by atoms with van der Waals surface area (Å²) in [7, 11) is 0. The fourth-order valence-electron chi connectivity index (χ4n) is 1.83. The van der Waals surface area contributed by atoms with Crippen molar-refractivity contribution < 1.29 is 14.7 Å². The number of carbonyl (C=O) groups excluding carboxylic acids is 2. The van der Waals surface area contributed by atoms with Gasteiger partial charge in [0, 0.05) is 18.9 Å². The number of thioether (sulfide) groups is 1. The lowest BCUT2D eigenvalue weighted by Gasteiger charge is -2.17. The van der Waals surface area contributed by atoms with Crippen LogP contribution in [0.5, 0.6) is 0 Å². The van der Waals surface area contributed by atoms with Crippen molar-refractivity contribution >= 4 is 22.9 Å². The molecule has 17 heavy (non-hydrogen) atoms. The van der Waals surface area contributed by atoms with E-state index in [0.717, 1.165) is 24.6 Å². The lowest BCUT2D eigenvalue weighted by atomic mass is 10.0. The van der Waals surface area contributed by atoms with Crippen LogP contribution in [0, 0.1) is 5.92 Å². The maximum absolute atomic E-state index is 11.7. The zero-order chi connectivity index (χ0) is 12.7. The summed E-state index contributed by atoms with van der Waals surface area (Å²) in [6.45, 7) is 2.81. The molecule has 0 saturated carbocycles. The molecule has 1 heterocycles. The van der Waals surface area contributed by atoms with Gasteiger partial charge in [-0.2, -0.15) is 0 Å². The van der Waals surface area contributed by atoms with Gasteiger partial charge in [-0.1, -0.05) is 25.1 Å². The Morgan fingerprint density at radius 1 is 1.65 bits per heavy atom. The minimum Gasteiger partial charge on any atom is -0.396 e. The lowest BCUT2D eigenvalue weighted by Crippen LogP contribution is -2.44.